The highest BCUT2D eigenvalue weighted by molar-refractivity contribution is 6.06. The minimum absolute atomic E-state index is 0.191. The maximum Gasteiger partial charge on any atom is 0.272 e. The summed E-state index contributed by atoms with van der Waals surface area (Å²) in [7, 11) is 0. The molecule has 0 aliphatic carbocycles. The molecule has 0 atom stereocenters. The minimum atomic E-state index is -0.314. The molecule has 0 bridgehead atoms. The average Bonchev–Trinajstić information content (AvgIpc) is 2.57. The lowest BCUT2D eigenvalue weighted by molar-refractivity contribution is 0.629. The number of H-pyrrole nitrogens is 2. The first-order chi connectivity index (χ1) is 7.25. The van der Waals surface area contributed by atoms with Gasteiger partial charge in [-0.15, -0.1) is 0 Å². The van der Waals surface area contributed by atoms with E-state index in [4.69, 9.17) is 0 Å². The lowest BCUT2D eigenvalue weighted by Crippen LogP contribution is -2.03. The Hall–Kier alpha value is -2.10. The maximum absolute atomic E-state index is 13.0. The number of rotatable bonds is 0. The van der Waals surface area contributed by atoms with Crippen molar-refractivity contribution >= 4 is 21.8 Å². The molecule has 2 heterocycles. The van der Waals surface area contributed by atoms with Gasteiger partial charge in [0.15, 0.2) is 0 Å². The van der Waals surface area contributed by atoms with Gasteiger partial charge in [0.25, 0.3) is 5.56 Å². The molecule has 0 unspecified atom stereocenters. The smallest absolute Gasteiger partial charge is 0.272 e. The van der Waals surface area contributed by atoms with Crippen molar-refractivity contribution < 1.29 is 4.39 Å². The van der Waals surface area contributed by atoms with Crippen molar-refractivity contribution in [3.8, 4) is 0 Å². The van der Waals surface area contributed by atoms with E-state index in [-0.39, 0.29) is 11.4 Å². The number of nitrogens with one attached hydrogen (secondary N) is 2. The first-order valence-electron chi connectivity index (χ1n) is 4.54. The first-order valence-corrected chi connectivity index (χ1v) is 4.54. The molecule has 4 heteroatoms. The van der Waals surface area contributed by atoms with Gasteiger partial charge in [-0.1, -0.05) is 0 Å². The minimum Gasteiger partial charge on any atom is -0.350 e. The molecule has 3 nitrogen and oxygen atoms in total. The molecule has 0 spiro atoms. The van der Waals surface area contributed by atoms with Crippen LogP contribution < -0.4 is 5.56 Å². The van der Waals surface area contributed by atoms with Crippen molar-refractivity contribution in [1.82, 2.24) is 9.97 Å². The van der Waals surface area contributed by atoms with E-state index in [1.165, 1.54) is 12.1 Å². The fourth-order valence-corrected chi connectivity index (χ4v) is 1.82. The third kappa shape index (κ3) is 1.08. The summed E-state index contributed by atoms with van der Waals surface area (Å²) in [5.41, 5.74) is 0.934. The molecule has 74 valence electrons. The van der Waals surface area contributed by atoms with E-state index in [9.17, 15) is 9.18 Å². The monoisotopic (exact) mass is 202 g/mol. The van der Waals surface area contributed by atoms with Crippen LogP contribution >= 0.6 is 0 Å². The molecular formula is C11H7FN2O. The second kappa shape index (κ2) is 2.70. The van der Waals surface area contributed by atoms with Crippen molar-refractivity contribution in [2.75, 3.05) is 0 Å². The molecule has 3 rings (SSSR count). The summed E-state index contributed by atoms with van der Waals surface area (Å²) in [5, 5.41) is 1.67. The molecule has 0 fully saturated rings. The number of aromatic nitrogens is 2. The van der Waals surface area contributed by atoms with Gasteiger partial charge in [-0.25, -0.2) is 4.39 Å². The van der Waals surface area contributed by atoms with Crippen molar-refractivity contribution in [2.45, 2.75) is 0 Å². The molecule has 0 amide bonds. The third-order valence-electron chi connectivity index (χ3n) is 2.49. The Balaban J connectivity index is 2.63. The number of hydrogen-bond donors (Lipinski definition) is 2. The molecule has 15 heavy (non-hydrogen) atoms. The summed E-state index contributed by atoms with van der Waals surface area (Å²) < 4.78 is 13.0. The Morgan fingerprint density at radius 1 is 1.13 bits per heavy atom. The lowest BCUT2D eigenvalue weighted by Gasteiger charge is -1.89. The average molecular weight is 202 g/mol. The second-order valence-corrected chi connectivity index (χ2v) is 3.41. The third-order valence-corrected chi connectivity index (χ3v) is 2.49. The van der Waals surface area contributed by atoms with Crippen LogP contribution in [0.5, 0.6) is 0 Å². The summed E-state index contributed by atoms with van der Waals surface area (Å²) >= 11 is 0. The summed E-state index contributed by atoms with van der Waals surface area (Å²) in [6.07, 6.45) is 1.58. The van der Waals surface area contributed by atoms with Gasteiger partial charge in [-0.05, 0) is 24.3 Å². The summed E-state index contributed by atoms with van der Waals surface area (Å²) in [6.45, 7) is 0. The zero-order valence-electron chi connectivity index (χ0n) is 7.67. The molecule has 2 N–H and O–H groups in total. The number of halogens is 1. The zero-order valence-corrected chi connectivity index (χ0v) is 7.67. The van der Waals surface area contributed by atoms with Gasteiger partial charge in [-0.2, -0.15) is 0 Å². The van der Waals surface area contributed by atoms with E-state index in [1.807, 2.05) is 0 Å². The quantitative estimate of drug-likeness (QED) is 0.576. The van der Waals surface area contributed by atoms with E-state index < -0.39 is 0 Å². The van der Waals surface area contributed by atoms with E-state index in [0.717, 1.165) is 10.8 Å². The normalized spacial score (nSPS) is 11.3. The Morgan fingerprint density at radius 2 is 2.00 bits per heavy atom. The van der Waals surface area contributed by atoms with E-state index in [2.05, 4.69) is 9.97 Å². The van der Waals surface area contributed by atoms with Crippen molar-refractivity contribution in [2.24, 2.45) is 0 Å². The van der Waals surface area contributed by atoms with E-state index in [1.54, 1.807) is 18.3 Å². The van der Waals surface area contributed by atoms with Crippen molar-refractivity contribution in [3.05, 3.63) is 46.6 Å². The number of aromatic amines is 2. The molecule has 0 saturated heterocycles. The first kappa shape index (κ1) is 8.23. The van der Waals surface area contributed by atoms with E-state index >= 15 is 0 Å². The number of hydrogen-bond acceptors (Lipinski definition) is 1. The van der Waals surface area contributed by atoms with Crippen LogP contribution in [0, 0.1) is 5.82 Å². The van der Waals surface area contributed by atoms with Gasteiger partial charge >= 0.3 is 0 Å². The predicted molar refractivity (Wildman–Crippen MR) is 56.4 cm³/mol. The molecule has 0 aliphatic heterocycles. The molecule has 0 aliphatic rings. The topological polar surface area (TPSA) is 48.6 Å². The zero-order chi connectivity index (χ0) is 10.4. The molecule has 2 aromatic heterocycles. The van der Waals surface area contributed by atoms with Gasteiger partial charge in [-0.3, -0.25) is 4.79 Å². The molecule has 3 aromatic rings. The largest absolute Gasteiger partial charge is 0.350 e. The van der Waals surface area contributed by atoms with Crippen LogP contribution in [-0.2, 0) is 0 Å². The Kier molecular flexibility index (Phi) is 1.48. The number of benzene rings is 1. The summed E-state index contributed by atoms with van der Waals surface area (Å²) in [4.78, 5) is 16.9. The summed E-state index contributed by atoms with van der Waals surface area (Å²) in [5.74, 6) is -0.314. The van der Waals surface area contributed by atoms with Crippen LogP contribution in [0.4, 0.5) is 4.39 Å². The van der Waals surface area contributed by atoms with Gasteiger partial charge in [0.1, 0.15) is 11.3 Å². The van der Waals surface area contributed by atoms with Crippen LogP contribution in [0.25, 0.3) is 21.8 Å². The predicted octanol–water partition coefficient (Wildman–Crippen LogP) is 2.15. The Bertz CT molecular complexity index is 711. The fraction of sp³-hybridized carbons (Fsp3) is 0. The van der Waals surface area contributed by atoms with Crippen molar-refractivity contribution in [1.29, 1.82) is 0 Å². The molecule has 0 saturated carbocycles. The van der Waals surface area contributed by atoms with Crippen LogP contribution in [0.2, 0.25) is 0 Å². The lowest BCUT2D eigenvalue weighted by atomic mass is 10.2. The van der Waals surface area contributed by atoms with Crippen LogP contribution in [-0.4, -0.2) is 9.97 Å². The highest BCUT2D eigenvalue weighted by Gasteiger charge is 2.06. The number of pyridine rings is 1. The van der Waals surface area contributed by atoms with E-state index in [0.29, 0.717) is 11.0 Å². The van der Waals surface area contributed by atoms with Crippen LogP contribution in [0.1, 0.15) is 0 Å². The highest BCUT2D eigenvalue weighted by atomic mass is 19.1. The maximum atomic E-state index is 13.0. The number of fused-ring (bicyclic) bond motifs is 3. The SMILES string of the molecule is O=c1[nH]ccc2c1[nH]c1cc(F)ccc12. The van der Waals surface area contributed by atoms with Crippen LogP contribution in [0.3, 0.4) is 0 Å². The van der Waals surface area contributed by atoms with Gasteiger partial charge < -0.3 is 9.97 Å². The van der Waals surface area contributed by atoms with Gasteiger partial charge in [0, 0.05) is 22.5 Å². The van der Waals surface area contributed by atoms with Crippen LogP contribution in [0.15, 0.2) is 35.3 Å². The fourth-order valence-electron chi connectivity index (χ4n) is 1.82. The standard InChI is InChI=1S/C11H7FN2O/c12-6-1-2-7-8-3-4-13-11(15)10(8)14-9(7)5-6/h1-5,14H,(H,13,15). The second-order valence-electron chi connectivity index (χ2n) is 3.41. The highest BCUT2D eigenvalue weighted by Crippen LogP contribution is 2.22. The molecule has 0 radical (unpaired) electrons. The Morgan fingerprint density at radius 3 is 2.87 bits per heavy atom. The summed E-state index contributed by atoms with van der Waals surface area (Å²) in [6, 6.07) is 6.24. The molecule has 1 aromatic carbocycles. The molecular weight excluding hydrogens is 195 g/mol. The van der Waals surface area contributed by atoms with Crippen molar-refractivity contribution in [3.63, 3.8) is 0 Å². The van der Waals surface area contributed by atoms with Gasteiger partial charge in [0.05, 0.1) is 0 Å². The Labute approximate surface area is 83.6 Å². The van der Waals surface area contributed by atoms with Gasteiger partial charge in [0.2, 0.25) is 0 Å².